The van der Waals surface area contributed by atoms with Crippen LogP contribution in [0.4, 0.5) is 8.78 Å². The van der Waals surface area contributed by atoms with Crippen LogP contribution < -0.4 is 10.6 Å². The molecule has 9 heteroatoms. The molecule has 0 bridgehead atoms. The highest BCUT2D eigenvalue weighted by molar-refractivity contribution is 7.13. The predicted octanol–water partition coefficient (Wildman–Crippen LogP) is 7.06. The molecule has 2 amide bonds. The highest BCUT2D eigenvalue weighted by Gasteiger charge is 2.24. The minimum atomic E-state index is -1.09. The van der Waals surface area contributed by atoms with E-state index in [0.29, 0.717) is 30.8 Å². The summed E-state index contributed by atoms with van der Waals surface area (Å²) in [6.07, 6.45) is 0.542. The number of rotatable bonds is 15. The molecule has 46 heavy (non-hydrogen) atoms. The molecule has 0 fully saturated rings. The second-order valence-corrected chi connectivity index (χ2v) is 12.7. The maximum atomic E-state index is 14.1. The number of nitrogens with zero attached hydrogens (tertiary/aromatic N) is 1. The van der Waals surface area contributed by atoms with Crippen molar-refractivity contribution >= 4 is 23.2 Å². The van der Waals surface area contributed by atoms with E-state index in [1.807, 2.05) is 32.9 Å². The second kappa shape index (κ2) is 16.6. The zero-order valence-corrected chi connectivity index (χ0v) is 27.7. The lowest BCUT2D eigenvalue weighted by Gasteiger charge is -2.25. The average molecular weight is 648 g/mol. The number of aryl methyl sites for hydroxylation is 2. The highest BCUT2D eigenvalue weighted by atomic mass is 32.1. The highest BCUT2D eigenvalue weighted by Crippen LogP contribution is 2.29. The fourth-order valence-electron chi connectivity index (χ4n) is 5.59. The number of carbonyl (C=O) groups is 2. The van der Waals surface area contributed by atoms with Gasteiger partial charge in [0.05, 0.1) is 12.1 Å². The van der Waals surface area contributed by atoms with Crippen LogP contribution in [-0.4, -0.2) is 53.6 Å². The van der Waals surface area contributed by atoms with Crippen molar-refractivity contribution in [2.45, 2.75) is 65.6 Å². The van der Waals surface area contributed by atoms with E-state index in [9.17, 15) is 23.5 Å². The normalized spacial score (nSPS) is 12.5. The third-order valence-corrected chi connectivity index (χ3v) is 8.82. The smallest absolute Gasteiger partial charge is 0.253 e. The zero-order valence-electron chi connectivity index (χ0n) is 26.9. The summed E-state index contributed by atoms with van der Waals surface area (Å²) in [5.41, 5.74) is 5.09. The summed E-state index contributed by atoms with van der Waals surface area (Å²) in [4.78, 5) is 29.9. The Morgan fingerprint density at radius 2 is 1.59 bits per heavy atom. The molecule has 1 heterocycles. The van der Waals surface area contributed by atoms with Gasteiger partial charge in [0.15, 0.2) is 0 Å². The number of hydrogen-bond donors (Lipinski definition) is 3. The van der Waals surface area contributed by atoms with Gasteiger partial charge in [-0.2, -0.15) is 0 Å². The summed E-state index contributed by atoms with van der Waals surface area (Å²) in [7, 11) is 0. The standard InChI is InChI=1S/C37H43F2N3O3S/c1-5-11-42(12-6-2)37(45)30-15-24(3)14-29(20-30)36(44)41-33(19-27-17-31(38)21-32(39)18-27)34(43)23-40-22-26-8-7-9-28(16-26)35-25(4)10-13-46-35/h7-10,13-18,20-21,33-34,40,43H,5-6,11-12,19,22-23H2,1-4H3,(H,41,44)/t33-,34+/m0/s1. The monoisotopic (exact) mass is 647 g/mol. The molecule has 0 saturated carbocycles. The first-order valence-electron chi connectivity index (χ1n) is 15.8. The van der Waals surface area contributed by atoms with Gasteiger partial charge in [0, 0.05) is 48.2 Å². The van der Waals surface area contributed by atoms with E-state index in [4.69, 9.17) is 0 Å². The molecule has 0 radical (unpaired) electrons. The molecular weight excluding hydrogens is 604 g/mol. The summed E-state index contributed by atoms with van der Waals surface area (Å²) in [6.45, 7) is 9.74. The third kappa shape index (κ3) is 9.55. The molecule has 0 spiro atoms. The topological polar surface area (TPSA) is 81.7 Å². The molecule has 0 unspecified atom stereocenters. The predicted molar refractivity (Wildman–Crippen MR) is 181 cm³/mol. The van der Waals surface area contributed by atoms with Crippen molar-refractivity contribution in [2.75, 3.05) is 19.6 Å². The van der Waals surface area contributed by atoms with Crippen LogP contribution in [0.1, 0.15) is 69.7 Å². The Kier molecular flexibility index (Phi) is 12.6. The van der Waals surface area contributed by atoms with E-state index in [-0.39, 0.29) is 24.4 Å². The van der Waals surface area contributed by atoms with E-state index >= 15 is 0 Å². The molecule has 244 valence electrons. The van der Waals surface area contributed by atoms with Crippen LogP contribution in [0.5, 0.6) is 0 Å². The summed E-state index contributed by atoms with van der Waals surface area (Å²) in [5.74, 6) is -2.11. The fourth-order valence-corrected chi connectivity index (χ4v) is 6.52. The largest absolute Gasteiger partial charge is 0.390 e. The maximum Gasteiger partial charge on any atom is 0.253 e. The second-order valence-electron chi connectivity index (χ2n) is 11.8. The van der Waals surface area contributed by atoms with Crippen molar-refractivity contribution in [3.05, 3.63) is 117 Å². The summed E-state index contributed by atoms with van der Waals surface area (Å²) >= 11 is 1.68. The van der Waals surface area contributed by atoms with Crippen molar-refractivity contribution in [1.29, 1.82) is 0 Å². The van der Waals surface area contributed by atoms with Crippen molar-refractivity contribution in [3.8, 4) is 10.4 Å². The van der Waals surface area contributed by atoms with Crippen LogP contribution in [0.2, 0.25) is 0 Å². The van der Waals surface area contributed by atoms with Crippen LogP contribution in [-0.2, 0) is 13.0 Å². The zero-order chi connectivity index (χ0) is 33.2. The lowest BCUT2D eigenvalue weighted by Crippen LogP contribution is -2.48. The number of carbonyl (C=O) groups excluding carboxylic acids is 2. The Balaban J connectivity index is 1.51. The van der Waals surface area contributed by atoms with Crippen LogP contribution in [0.15, 0.2) is 72.1 Å². The van der Waals surface area contributed by atoms with Crippen LogP contribution in [0.3, 0.4) is 0 Å². The number of thiophene rings is 1. The Labute approximate surface area is 274 Å². The SMILES string of the molecule is CCCN(CCC)C(=O)c1cc(C)cc(C(=O)N[C@@H](Cc2cc(F)cc(F)c2)[C@H](O)CNCc2cccc(-c3sccc3C)c2)c1. The van der Waals surface area contributed by atoms with Gasteiger partial charge in [-0.05, 0) is 109 Å². The quantitative estimate of drug-likeness (QED) is 0.129. The minimum Gasteiger partial charge on any atom is -0.390 e. The average Bonchev–Trinajstić information content (AvgIpc) is 3.45. The van der Waals surface area contributed by atoms with Crippen molar-refractivity contribution < 1.29 is 23.5 Å². The number of hydrogen-bond acceptors (Lipinski definition) is 5. The molecule has 6 nitrogen and oxygen atoms in total. The van der Waals surface area contributed by atoms with Crippen molar-refractivity contribution in [1.82, 2.24) is 15.5 Å². The molecule has 4 aromatic rings. The first kappa shape index (κ1) is 34.9. The van der Waals surface area contributed by atoms with E-state index in [1.165, 1.54) is 22.6 Å². The van der Waals surface area contributed by atoms with Gasteiger partial charge >= 0.3 is 0 Å². The fraction of sp³-hybridized carbons (Fsp3) is 0.351. The molecule has 0 aliphatic heterocycles. The van der Waals surface area contributed by atoms with Crippen molar-refractivity contribution in [3.63, 3.8) is 0 Å². The summed E-state index contributed by atoms with van der Waals surface area (Å²) in [5, 5.41) is 19.5. The first-order valence-corrected chi connectivity index (χ1v) is 16.6. The van der Waals surface area contributed by atoms with Gasteiger partial charge in [0.25, 0.3) is 11.8 Å². The van der Waals surface area contributed by atoms with Gasteiger partial charge in [-0.3, -0.25) is 9.59 Å². The van der Waals surface area contributed by atoms with E-state index in [1.54, 1.807) is 34.4 Å². The molecule has 1 aromatic heterocycles. The van der Waals surface area contributed by atoms with E-state index < -0.39 is 29.7 Å². The molecule has 4 rings (SSSR count). The van der Waals surface area contributed by atoms with E-state index in [2.05, 4.69) is 41.1 Å². The van der Waals surface area contributed by atoms with Gasteiger partial charge < -0.3 is 20.6 Å². The summed E-state index contributed by atoms with van der Waals surface area (Å²) in [6, 6.07) is 17.6. The van der Waals surface area contributed by atoms with Gasteiger partial charge in [0.2, 0.25) is 0 Å². The number of nitrogens with one attached hydrogen (secondary N) is 2. The van der Waals surface area contributed by atoms with Crippen LogP contribution in [0, 0.1) is 25.5 Å². The Morgan fingerprint density at radius 3 is 2.24 bits per heavy atom. The van der Waals surface area contributed by atoms with Gasteiger partial charge in [-0.1, -0.05) is 32.0 Å². The van der Waals surface area contributed by atoms with Crippen molar-refractivity contribution in [2.24, 2.45) is 0 Å². The number of halogens is 2. The van der Waals surface area contributed by atoms with Crippen LogP contribution >= 0.6 is 11.3 Å². The number of aliphatic hydroxyl groups excluding tert-OH is 1. The Morgan fingerprint density at radius 1 is 0.891 bits per heavy atom. The molecule has 3 N–H and O–H groups in total. The Bertz CT molecular complexity index is 1610. The molecule has 0 aliphatic carbocycles. The lowest BCUT2D eigenvalue weighted by molar-refractivity contribution is 0.0755. The minimum absolute atomic E-state index is 0.00517. The number of amides is 2. The van der Waals surface area contributed by atoms with Gasteiger partial charge in [-0.25, -0.2) is 8.78 Å². The Hall–Kier alpha value is -3.92. The molecular formula is C37H43F2N3O3S. The summed E-state index contributed by atoms with van der Waals surface area (Å²) < 4.78 is 28.1. The third-order valence-electron chi connectivity index (χ3n) is 7.75. The lowest BCUT2D eigenvalue weighted by atomic mass is 9.99. The number of aliphatic hydroxyl groups is 1. The molecule has 2 atom stereocenters. The first-order chi connectivity index (χ1) is 22.1. The molecule has 3 aromatic carbocycles. The van der Waals surface area contributed by atoms with Gasteiger partial charge in [-0.15, -0.1) is 11.3 Å². The van der Waals surface area contributed by atoms with Crippen LogP contribution in [0.25, 0.3) is 10.4 Å². The molecule has 0 aliphatic rings. The molecule has 0 saturated heterocycles. The van der Waals surface area contributed by atoms with E-state index in [0.717, 1.165) is 35.6 Å². The van der Waals surface area contributed by atoms with Gasteiger partial charge in [0.1, 0.15) is 11.6 Å². The number of benzene rings is 3. The maximum absolute atomic E-state index is 14.1.